The summed E-state index contributed by atoms with van der Waals surface area (Å²) in [6.07, 6.45) is 6.90. The van der Waals surface area contributed by atoms with Crippen LogP contribution in [0.2, 0.25) is 0 Å². The van der Waals surface area contributed by atoms with Gasteiger partial charge in [0.25, 0.3) is 0 Å². The fourth-order valence-electron chi connectivity index (χ4n) is 4.34. The summed E-state index contributed by atoms with van der Waals surface area (Å²) in [5.41, 5.74) is 0.556. The lowest BCUT2D eigenvalue weighted by Crippen LogP contribution is -2.39. The number of hydrogen-bond acceptors (Lipinski definition) is 4. The second kappa shape index (κ2) is 7.86. The molecule has 7 heteroatoms. The van der Waals surface area contributed by atoms with Gasteiger partial charge >= 0.3 is 0 Å². The van der Waals surface area contributed by atoms with E-state index in [9.17, 15) is 13.2 Å². The number of rotatable bonds is 8. The maximum Gasteiger partial charge on any atom is 0.232 e. The summed E-state index contributed by atoms with van der Waals surface area (Å²) in [5, 5.41) is 3.15. The highest BCUT2D eigenvalue weighted by molar-refractivity contribution is 7.92. The number of ether oxygens (including phenoxy) is 1. The van der Waals surface area contributed by atoms with E-state index in [0.29, 0.717) is 36.2 Å². The molecule has 2 bridgehead atoms. The number of fused-ring (bicyclic) bond motifs is 2. The third-order valence-electron chi connectivity index (χ3n) is 5.59. The minimum atomic E-state index is -3.42. The molecule has 3 rings (SSSR count). The highest BCUT2D eigenvalue weighted by Crippen LogP contribution is 2.44. The van der Waals surface area contributed by atoms with Gasteiger partial charge in [-0.15, -0.1) is 0 Å². The topological polar surface area (TPSA) is 75.7 Å². The Kier molecular flexibility index (Phi) is 5.75. The summed E-state index contributed by atoms with van der Waals surface area (Å²) in [4.78, 5) is 12.2. The van der Waals surface area contributed by atoms with Gasteiger partial charge in [0.1, 0.15) is 5.75 Å². The van der Waals surface area contributed by atoms with Crippen molar-refractivity contribution >= 4 is 21.6 Å². The predicted molar refractivity (Wildman–Crippen MR) is 102 cm³/mol. The summed E-state index contributed by atoms with van der Waals surface area (Å²) in [6, 6.07) is 7.28. The van der Waals surface area contributed by atoms with Gasteiger partial charge < -0.3 is 10.1 Å². The molecule has 144 valence electrons. The van der Waals surface area contributed by atoms with Gasteiger partial charge in [0.15, 0.2) is 0 Å². The summed E-state index contributed by atoms with van der Waals surface area (Å²) in [6.45, 7) is 0.274. The third kappa shape index (κ3) is 4.50. The van der Waals surface area contributed by atoms with E-state index in [4.69, 9.17) is 4.74 Å². The fraction of sp³-hybridized carbons (Fsp3) is 0.632. The Morgan fingerprint density at radius 2 is 2.12 bits per heavy atom. The van der Waals surface area contributed by atoms with Crippen LogP contribution in [-0.4, -0.2) is 40.3 Å². The highest BCUT2D eigenvalue weighted by atomic mass is 32.2. The van der Waals surface area contributed by atoms with Crippen molar-refractivity contribution in [2.75, 3.05) is 24.2 Å². The molecule has 0 spiro atoms. The van der Waals surface area contributed by atoms with Crippen molar-refractivity contribution in [1.29, 1.82) is 0 Å². The van der Waals surface area contributed by atoms with Crippen LogP contribution in [0.25, 0.3) is 0 Å². The number of benzene rings is 1. The van der Waals surface area contributed by atoms with Gasteiger partial charge in [-0.25, -0.2) is 8.42 Å². The number of sulfonamides is 1. The minimum absolute atomic E-state index is 0.0293. The normalized spacial score (nSPS) is 24.5. The number of methoxy groups -OCH3 is 1. The number of amides is 1. The molecule has 6 nitrogen and oxygen atoms in total. The number of carbonyl (C=O) groups excluding carboxylic acids is 1. The largest absolute Gasteiger partial charge is 0.497 e. The first-order valence-electron chi connectivity index (χ1n) is 9.28. The van der Waals surface area contributed by atoms with Gasteiger partial charge in [-0.1, -0.05) is 12.5 Å². The molecule has 2 aliphatic rings. The molecule has 2 saturated carbocycles. The molecule has 0 aromatic heterocycles. The average molecular weight is 381 g/mol. The second-order valence-electron chi connectivity index (χ2n) is 7.49. The van der Waals surface area contributed by atoms with Crippen LogP contribution in [-0.2, 0) is 14.8 Å². The Morgan fingerprint density at radius 3 is 2.73 bits per heavy atom. The zero-order chi connectivity index (χ0) is 18.7. The van der Waals surface area contributed by atoms with Crippen molar-refractivity contribution in [2.24, 2.45) is 11.8 Å². The van der Waals surface area contributed by atoms with Gasteiger partial charge in [-0.2, -0.15) is 0 Å². The standard InChI is InChI=1S/C19H28N2O4S/c1-25-17-6-3-5-16(13-17)21(26(2,23)24)10-4-7-19(22)20-18-12-14-8-9-15(18)11-14/h3,5-6,13-15,18H,4,7-12H2,1-2H3,(H,20,22). The Labute approximate surface area is 156 Å². The van der Waals surface area contributed by atoms with Crippen molar-refractivity contribution in [3.05, 3.63) is 24.3 Å². The lowest BCUT2D eigenvalue weighted by molar-refractivity contribution is -0.122. The molecule has 3 unspecified atom stereocenters. The van der Waals surface area contributed by atoms with E-state index in [2.05, 4.69) is 5.32 Å². The average Bonchev–Trinajstić information content (AvgIpc) is 3.20. The van der Waals surface area contributed by atoms with Crippen LogP contribution >= 0.6 is 0 Å². The van der Waals surface area contributed by atoms with E-state index >= 15 is 0 Å². The van der Waals surface area contributed by atoms with Crippen molar-refractivity contribution < 1.29 is 17.9 Å². The smallest absolute Gasteiger partial charge is 0.232 e. The maximum atomic E-state index is 12.2. The van der Waals surface area contributed by atoms with Crippen molar-refractivity contribution in [3.63, 3.8) is 0 Å². The van der Waals surface area contributed by atoms with Crippen LogP contribution in [0, 0.1) is 11.8 Å². The summed E-state index contributed by atoms with van der Waals surface area (Å²) < 4.78 is 30.8. The molecule has 0 aliphatic heterocycles. The van der Waals surface area contributed by atoms with E-state index in [-0.39, 0.29) is 12.5 Å². The highest BCUT2D eigenvalue weighted by Gasteiger charge is 2.39. The first kappa shape index (κ1) is 19.0. The van der Waals surface area contributed by atoms with Crippen molar-refractivity contribution in [2.45, 2.75) is 44.6 Å². The monoisotopic (exact) mass is 380 g/mol. The second-order valence-corrected chi connectivity index (χ2v) is 9.40. The Hall–Kier alpha value is -1.76. The van der Waals surface area contributed by atoms with E-state index in [0.717, 1.165) is 12.3 Å². The molecule has 0 heterocycles. The number of nitrogens with zero attached hydrogens (tertiary/aromatic N) is 1. The summed E-state index contributed by atoms with van der Waals surface area (Å²) >= 11 is 0. The fourth-order valence-corrected chi connectivity index (χ4v) is 5.29. The molecular formula is C19H28N2O4S. The van der Waals surface area contributed by atoms with Crippen LogP contribution in [0.15, 0.2) is 24.3 Å². The van der Waals surface area contributed by atoms with Gasteiger partial charge in [0.05, 0.1) is 19.1 Å². The molecule has 2 fully saturated rings. The third-order valence-corrected chi connectivity index (χ3v) is 6.79. The number of nitrogens with one attached hydrogen (secondary N) is 1. The van der Waals surface area contributed by atoms with Crippen LogP contribution in [0.5, 0.6) is 5.75 Å². The number of hydrogen-bond donors (Lipinski definition) is 1. The molecular weight excluding hydrogens is 352 g/mol. The Bertz CT molecular complexity index is 750. The molecule has 1 N–H and O–H groups in total. The first-order valence-corrected chi connectivity index (χ1v) is 11.1. The molecule has 26 heavy (non-hydrogen) atoms. The Balaban J connectivity index is 1.54. The first-order chi connectivity index (χ1) is 12.4. The van der Waals surface area contributed by atoms with Crippen molar-refractivity contribution in [3.8, 4) is 5.75 Å². The molecule has 3 atom stereocenters. The molecule has 1 aromatic rings. The van der Waals surface area contributed by atoms with Crippen LogP contribution < -0.4 is 14.4 Å². The lowest BCUT2D eigenvalue weighted by Gasteiger charge is -2.24. The van der Waals surface area contributed by atoms with Crippen LogP contribution in [0.4, 0.5) is 5.69 Å². The number of anilines is 1. The zero-order valence-corrected chi connectivity index (χ0v) is 16.3. The van der Waals surface area contributed by atoms with Gasteiger partial charge in [0.2, 0.25) is 15.9 Å². The van der Waals surface area contributed by atoms with Gasteiger partial charge in [0, 0.05) is 25.1 Å². The predicted octanol–water partition coefficient (Wildman–Crippen LogP) is 2.55. The van der Waals surface area contributed by atoms with E-state index in [1.54, 1.807) is 31.4 Å². The van der Waals surface area contributed by atoms with Gasteiger partial charge in [-0.3, -0.25) is 9.10 Å². The van der Waals surface area contributed by atoms with E-state index in [1.807, 2.05) is 0 Å². The summed E-state index contributed by atoms with van der Waals surface area (Å²) in [7, 11) is -1.88. The Morgan fingerprint density at radius 1 is 1.31 bits per heavy atom. The van der Waals surface area contributed by atoms with Crippen LogP contribution in [0.1, 0.15) is 38.5 Å². The SMILES string of the molecule is COc1cccc(N(CCCC(=O)NC2CC3CCC2C3)S(C)(=O)=O)c1. The number of carbonyl (C=O) groups is 1. The molecule has 2 aliphatic carbocycles. The summed E-state index contributed by atoms with van der Waals surface area (Å²) in [5.74, 6) is 2.07. The zero-order valence-electron chi connectivity index (χ0n) is 15.5. The molecule has 0 radical (unpaired) electrons. The molecule has 1 aromatic carbocycles. The quantitative estimate of drug-likeness (QED) is 0.752. The molecule has 1 amide bonds. The van der Waals surface area contributed by atoms with Crippen molar-refractivity contribution in [1.82, 2.24) is 5.32 Å². The molecule has 0 saturated heterocycles. The van der Waals surface area contributed by atoms with Crippen LogP contribution in [0.3, 0.4) is 0 Å². The maximum absolute atomic E-state index is 12.2. The minimum Gasteiger partial charge on any atom is -0.497 e. The van der Waals surface area contributed by atoms with E-state index in [1.165, 1.54) is 29.8 Å². The van der Waals surface area contributed by atoms with E-state index < -0.39 is 10.0 Å². The lowest BCUT2D eigenvalue weighted by atomic mass is 9.95. The van der Waals surface area contributed by atoms with Gasteiger partial charge in [-0.05, 0) is 49.7 Å².